The smallest absolute Gasteiger partial charge is 0.0555 e. The van der Waals surface area contributed by atoms with Gasteiger partial charge in [0, 0.05) is 51.4 Å². The van der Waals surface area contributed by atoms with E-state index in [2.05, 4.69) is 132 Å². The standard InChI is InChI=1S/C34H21NS2/c1-2-12-23(13-3-1)35(27-16-8-11-22-10-4-5-14-24(22)27)28-17-9-19-30-32(28)33-31(36-30)21-20-26-25-15-6-7-18-29(25)37-34(26)33/h1-21H. The maximum absolute atomic E-state index is 2.45. The van der Waals surface area contributed by atoms with Crippen molar-refractivity contribution in [3.05, 3.63) is 127 Å². The van der Waals surface area contributed by atoms with Crippen LogP contribution in [-0.2, 0) is 0 Å². The quantitative estimate of drug-likeness (QED) is 0.230. The molecule has 6 aromatic carbocycles. The summed E-state index contributed by atoms with van der Waals surface area (Å²) in [7, 11) is 0. The molecule has 8 rings (SSSR count). The van der Waals surface area contributed by atoms with Crippen LogP contribution in [0.5, 0.6) is 0 Å². The highest BCUT2D eigenvalue weighted by molar-refractivity contribution is 7.29. The van der Waals surface area contributed by atoms with E-state index in [1.807, 2.05) is 22.7 Å². The predicted molar refractivity (Wildman–Crippen MR) is 164 cm³/mol. The van der Waals surface area contributed by atoms with E-state index in [0.717, 1.165) is 5.69 Å². The summed E-state index contributed by atoms with van der Waals surface area (Å²) in [6.07, 6.45) is 0. The van der Waals surface area contributed by atoms with E-state index in [9.17, 15) is 0 Å². The molecular weight excluding hydrogens is 487 g/mol. The second kappa shape index (κ2) is 8.17. The summed E-state index contributed by atoms with van der Waals surface area (Å²) in [6, 6.07) is 46.2. The van der Waals surface area contributed by atoms with Crippen molar-refractivity contribution in [1.29, 1.82) is 0 Å². The van der Waals surface area contributed by atoms with Crippen LogP contribution in [0.25, 0.3) is 51.1 Å². The van der Waals surface area contributed by atoms with Crippen molar-refractivity contribution < 1.29 is 0 Å². The first-order valence-corrected chi connectivity index (χ1v) is 14.1. The summed E-state index contributed by atoms with van der Waals surface area (Å²) < 4.78 is 5.38. The summed E-state index contributed by atoms with van der Waals surface area (Å²) in [5.74, 6) is 0. The summed E-state index contributed by atoms with van der Waals surface area (Å²) >= 11 is 3.81. The fourth-order valence-electron chi connectivity index (χ4n) is 5.64. The van der Waals surface area contributed by atoms with Crippen LogP contribution in [0.2, 0.25) is 0 Å². The van der Waals surface area contributed by atoms with Gasteiger partial charge in [-0.15, -0.1) is 22.7 Å². The highest BCUT2D eigenvalue weighted by atomic mass is 32.1. The number of hydrogen-bond donors (Lipinski definition) is 0. The Hall–Kier alpha value is -4.18. The van der Waals surface area contributed by atoms with Crippen LogP contribution in [0.15, 0.2) is 127 Å². The summed E-state index contributed by atoms with van der Waals surface area (Å²) in [4.78, 5) is 2.45. The molecule has 0 aliphatic heterocycles. The van der Waals surface area contributed by atoms with Crippen LogP contribution < -0.4 is 4.90 Å². The monoisotopic (exact) mass is 507 g/mol. The highest BCUT2D eigenvalue weighted by Gasteiger charge is 2.21. The van der Waals surface area contributed by atoms with Crippen LogP contribution in [0, 0.1) is 0 Å². The van der Waals surface area contributed by atoms with E-state index in [1.54, 1.807) is 0 Å². The molecule has 0 N–H and O–H groups in total. The molecule has 174 valence electrons. The van der Waals surface area contributed by atoms with Crippen molar-refractivity contribution >= 4 is 90.9 Å². The summed E-state index contributed by atoms with van der Waals surface area (Å²) in [5, 5.41) is 7.88. The van der Waals surface area contributed by atoms with E-state index in [0.29, 0.717) is 0 Å². The zero-order chi connectivity index (χ0) is 24.3. The minimum atomic E-state index is 1.16. The third-order valence-electron chi connectivity index (χ3n) is 7.25. The van der Waals surface area contributed by atoms with Gasteiger partial charge in [0.05, 0.1) is 11.4 Å². The zero-order valence-corrected chi connectivity index (χ0v) is 21.5. The lowest BCUT2D eigenvalue weighted by molar-refractivity contribution is 1.32. The Labute approximate surface area is 222 Å². The number of thiophene rings is 2. The van der Waals surface area contributed by atoms with Crippen LogP contribution >= 0.6 is 22.7 Å². The SMILES string of the molecule is c1ccc(N(c2cccc3ccccc23)c2cccc3sc4ccc5c6ccccc6sc5c4c23)cc1. The Morgan fingerprint density at radius 3 is 2.00 bits per heavy atom. The van der Waals surface area contributed by atoms with Gasteiger partial charge in [-0.1, -0.05) is 84.9 Å². The number of para-hydroxylation sites is 1. The predicted octanol–water partition coefficient (Wildman–Crippen LogP) is 11.0. The largest absolute Gasteiger partial charge is 0.309 e. The molecule has 0 atom stereocenters. The van der Waals surface area contributed by atoms with Crippen molar-refractivity contribution in [1.82, 2.24) is 0 Å². The van der Waals surface area contributed by atoms with Gasteiger partial charge in [-0.05, 0) is 47.9 Å². The zero-order valence-electron chi connectivity index (χ0n) is 19.9. The average molecular weight is 508 g/mol. The second-order valence-corrected chi connectivity index (χ2v) is 11.5. The molecule has 0 radical (unpaired) electrons. The molecule has 0 fully saturated rings. The summed E-state index contributed by atoms with van der Waals surface area (Å²) in [6.45, 7) is 0. The Kier molecular flexibility index (Phi) is 4.63. The molecule has 0 bridgehead atoms. The van der Waals surface area contributed by atoms with Gasteiger partial charge >= 0.3 is 0 Å². The lowest BCUT2D eigenvalue weighted by atomic mass is 10.0. The van der Waals surface area contributed by atoms with E-state index >= 15 is 0 Å². The van der Waals surface area contributed by atoms with Crippen molar-refractivity contribution in [3.63, 3.8) is 0 Å². The molecule has 0 aliphatic rings. The lowest BCUT2D eigenvalue weighted by Gasteiger charge is -2.27. The highest BCUT2D eigenvalue weighted by Crippen LogP contribution is 2.50. The van der Waals surface area contributed by atoms with Crippen LogP contribution in [0.4, 0.5) is 17.1 Å². The maximum atomic E-state index is 2.45. The summed E-state index contributed by atoms with van der Waals surface area (Å²) in [5.41, 5.74) is 3.57. The van der Waals surface area contributed by atoms with Gasteiger partial charge in [0.25, 0.3) is 0 Å². The van der Waals surface area contributed by atoms with E-state index < -0.39 is 0 Å². The van der Waals surface area contributed by atoms with Gasteiger partial charge in [0.15, 0.2) is 0 Å². The number of rotatable bonds is 3. The fraction of sp³-hybridized carbons (Fsp3) is 0. The Balaban J connectivity index is 1.53. The first-order valence-electron chi connectivity index (χ1n) is 12.5. The first-order chi connectivity index (χ1) is 18.4. The van der Waals surface area contributed by atoms with Gasteiger partial charge in [-0.3, -0.25) is 0 Å². The molecule has 0 spiro atoms. The number of nitrogens with zero attached hydrogens (tertiary/aromatic N) is 1. The van der Waals surface area contributed by atoms with Gasteiger partial charge in [0.1, 0.15) is 0 Å². The average Bonchev–Trinajstić information content (AvgIpc) is 3.53. The Morgan fingerprint density at radius 1 is 0.405 bits per heavy atom. The third kappa shape index (κ3) is 3.15. The second-order valence-electron chi connectivity index (χ2n) is 9.34. The Bertz CT molecular complexity index is 2090. The maximum Gasteiger partial charge on any atom is 0.0555 e. The van der Waals surface area contributed by atoms with Crippen molar-refractivity contribution in [2.75, 3.05) is 4.90 Å². The molecule has 0 aliphatic carbocycles. The minimum Gasteiger partial charge on any atom is -0.309 e. The van der Waals surface area contributed by atoms with Gasteiger partial charge < -0.3 is 4.90 Å². The molecule has 0 amide bonds. The number of fused-ring (bicyclic) bond motifs is 8. The molecule has 2 aromatic heterocycles. The molecule has 2 heterocycles. The number of benzene rings is 6. The van der Waals surface area contributed by atoms with E-state index in [1.165, 1.54) is 62.5 Å². The molecular formula is C34H21NS2. The molecule has 37 heavy (non-hydrogen) atoms. The molecule has 0 saturated heterocycles. The van der Waals surface area contributed by atoms with Gasteiger partial charge in [-0.2, -0.15) is 0 Å². The van der Waals surface area contributed by atoms with Crippen LogP contribution in [-0.4, -0.2) is 0 Å². The third-order valence-corrected chi connectivity index (χ3v) is 9.57. The fourth-order valence-corrected chi connectivity index (χ4v) is 8.10. The minimum absolute atomic E-state index is 1.16. The number of anilines is 3. The van der Waals surface area contributed by atoms with Gasteiger partial charge in [0.2, 0.25) is 0 Å². The van der Waals surface area contributed by atoms with Crippen molar-refractivity contribution in [2.24, 2.45) is 0 Å². The van der Waals surface area contributed by atoms with E-state index in [4.69, 9.17) is 0 Å². The lowest BCUT2D eigenvalue weighted by Crippen LogP contribution is -2.10. The Morgan fingerprint density at radius 2 is 1.08 bits per heavy atom. The van der Waals surface area contributed by atoms with Crippen molar-refractivity contribution in [3.8, 4) is 0 Å². The topological polar surface area (TPSA) is 3.24 Å². The first kappa shape index (κ1) is 21.0. The van der Waals surface area contributed by atoms with Crippen LogP contribution in [0.1, 0.15) is 0 Å². The molecule has 1 nitrogen and oxygen atoms in total. The normalized spacial score (nSPS) is 11.8. The van der Waals surface area contributed by atoms with Gasteiger partial charge in [-0.25, -0.2) is 0 Å². The van der Waals surface area contributed by atoms with Crippen molar-refractivity contribution in [2.45, 2.75) is 0 Å². The molecule has 0 saturated carbocycles. The van der Waals surface area contributed by atoms with Crippen LogP contribution in [0.3, 0.4) is 0 Å². The molecule has 0 unspecified atom stereocenters. The molecule has 8 aromatic rings. The number of hydrogen-bond acceptors (Lipinski definition) is 3. The van der Waals surface area contributed by atoms with E-state index in [-0.39, 0.29) is 0 Å². The molecule has 3 heteroatoms.